The molecule has 96 valence electrons. The lowest BCUT2D eigenvalue weighted by molar-refractivity contribution is -0.138. The molecule has 0 saturated heterocycles. The Labute approximate surface area is 98.9 Å². The van der Waals surface area contributed by atoms with Crippen molar-refractivity contribution in [3.63, 3.8) is 0 Å². The van der Waals surface area contributed by atoms with E-state index in [1.165, 1.54) is 6.07 Å². The summed E-state index contributed by atoms with van der Waals surface area (Å²) in [5, 5.41) is 12.3. The number of pyridine rings is 1. The van der Waals surface area contributed by atoms with Gasteiger partial charge in [-0.25, -0.2) is 9.50 Å². The third-order valence-electron chi connectivity index (χ3n) is 2.26. The summed E-state index contributed by atoms with van der Waals surface area (Å²) in [7, 11) is 0. The molecule has 18 heavy (non-hydrogen) atoms. The largest absolute Gasteiger partial charge is 0.481 e. The first-order chi connectivity index (χ1) is 8.36. The molecule has 0 radical (unpaired) electrons. The van der Waals surface area contributed by atoms with Crippen LogP contribution < -0.4 is 0 Å². The van der Waals surface area contributed by atoms with Crippen LogP contribution in [0.5, 0.6) is 0 Å². The monoisotopic (exact) mass is 259 g/mol. The van der Waals surface area contributed by atoms with Gasteiger partial charge in [-0.1, -0.05) is 0 Å². The molecule has 0 saturated carbocycles. The molecule has 2 rings (SSSR count). The Morgan fingerprint density at radius 1 is 1.39 bits per heavy atom. The molecule has 0 bridgehead atoms. The number of hydrogen-bond acceptors (Lipinski definition) is 3. The highest BCUT2D eigenvalue weighted by Gasteiger charge is 2.31. The zero-order valence-corrected chi connectivity index (χ0v) is 8.98. The summed E-state index contributed by atoms with van der Waals surface area (Å²) >= 11 is 0. The molecule has 2 aromatic heterocycles. The van der Waals surface area contributed by atoms with E-state index in [0.717, 1.165) is 16.8 Å². The molecule has 8 heteroatoms. The zero-order valence-electron chi connectivity index (χ0n) is 8.98. The number of carboxylic acid groups (broad SMARTS) is 1. The molecule has 0 unspecified atom stereocenters. The topological polar surface area (TPSA) is 67.5 Å². The maximum Gasteiger partial charge on any atom is 0.417 e. The Balaban J connectivity index is 2.31. The lowest BCUT2D eigenvalue weighted by Crippen LogP contribution is -2.06. The Hall–Kier alpha value is -2.12. The molecule has 0 amide bonds. The fraction of sp³-hybridized carbons (Fsp3) is 0.300. The van der Waals surface area contributed by atoms with Gasteiger partial charge in [0.1, 0.15) is 0 Å². The Morgan fingerprint density at radius 2 is 2.11 bits per heavy atom. The van der Waals surface area contributed by atoms with Crippen LogP contribution in [0.15, 0.2) is 18.3 Å². The summed E-state index contributed by atoms with van der Waals surface area (Å²) in [6.45, 7) is 0. The molecule has 0 aliphatic carbocycles. The third-order valence-corrected chi connectivity index (χ3v) is 2.26. The minimum atomic E-state index is -4.44. The zero-order chi connectivity index (χ0) is 13.3. The van der Waals surface area contributed by atoms with Gasteiger partial charge in [-0.15, -0.1) is 0 Å². The number of fused-ring (bicyclic) bond motifs is 1. The van der Waals surface area contributed by atoms with Crippen LogP contribution >= 0.6 is 0 Å². The molecule has 1 N–H and O–H groups in total. The first kappa shape index (κ1) is 12.3. The van der Waals surface area contributed by atoms with E-state index in [4.69, 9.17) is 5.11 Å². The van der Waals surface area contributed by atoms with E-state index >= 15 is 0 Å². The van der Waals surface area contributed by atoms with Crippen LogP contribution in [0.4, 0.5) is 13.2 Å². The number of aryl methyl sites for hydroxylation is 1. The van der Waals surface area contributed by atoms with Crippen molar-refractivity contribution in [1.82, 2.24) is 14.6 Å². The number of alkyl halides is 3. The molecular formula is C10H8F3N3O2. The van der Waals surface area contributed by atoms with Crippen molar-refractivity contribution in [3.05, 3.63) is 29.7 Å². The summed E-state index contributed by atoms with van der Waals surface area (Å²) in [6.07, 6.45) is -3.70. The molecule has 0 fully saturated rings. The molecule has 0 aromatic carbocycles. The molecule has 2 heterocycles. The van der Waals surface area contributed by atoms with Crippen molar-refractivity contribution in [2.75, 3.05) is 0 Å². The number of halogens is 3. The van der Waals surface area contributed by atoms with Gasteiger partial charge in [0.15, 0.2) is 11.5 Å². The standard InChI is InChI=1S/C10H8F3N3O2/c11-10(12,13)6-1-3-8-14-7(2-4-9(17)18)15-16(8)5-6/h1,3,5H,2,4H2,(H,17,18). The first-order valence-corrected chi connectivity index (χ1v) is 5.00. The molecule has 0 spiro atoms. The van der Waals surface area contributed by atoms with Gasteiger partial charge in [-0.2, -0.15) is 18.3 Å². The van der Waals surface area contributed by atoms with Crippen LogP contribution in [0.25, 0.3) is 5.65 Å². The van der Waals surface area contributed by atoms with Crippen molar-refractivity contribution in [2.45, 2.75) is 19.0 Å². The smallest absolute Gasteiger partial charge is 0.417 e. The predicted molar refractivity (Wildman–Crippen MR) is 53.9 cm³/mol. The second-order valence-electron chi connectivity index (χ2n) is 3.64. The molecule has 0 aliphatic heterocycles. The minimum Gasteiger partial charge on any atom is -0.481 e. The normalized spacial score (nSPS) is 11.9. The second kappa shape index (κ2) is 4.28. The Kier molecular flexibility index (Phi) is 2.93. The van der Waals surface area contributed by atoms with Crippen molar-refractivity contribution >= 4 is 11.6 Å². The van der Waals surface area contributed by atoms with E-state index in [1.54, 1.807) is 0 Å². The SMILES string of the molecule is O=C(O)CCc1nc2ccc(C(F)(F)F)cn2n1. The van der Waals surface area contributed by atoms with Crippen molar-refractivity contribution < 1.29 is 23.1 Å². The van der Waals surface area contributed by atoms with Crippen molar-refractivity contribution in [3.8, 4) is 0 Å². The molecule has 0 aliphatic rings. The average molecular weight is 259 g/mol. The van der Waals surface area contributed by atoms with E-state index in [1.807, 2.05) is 0 Å². The molecular weight excluding hydrogens is 251 g/mol. The van der Waals surface area contributed by atoms with Crippen LogP contribution in [0.3, 0.4) is 0 Å². The molecule has 0 atom stereocenters. The number of nitrogens with zero attached hydrogens (tertiary/aromatic N) is 3. The average Bonchev–Trinajstić information content (AvgIpc) is 2.66. The quantitative estimate of drug-likeness (QED) is 0.912. The highest BCUT2D eigenvalue weighted by Crippen LogP contribution is 2.28. The minimum absolute atomic E-state index is 0.0817. The lowest BCUT2D eigenvalue weighted by atomic mass is 10.3. The number of aliphatic carboxylic acids is 1. The molecule has 5 nitrogen and oxygen atoms in total. The number of rotatable bonds is 3. The van der Waals surface area contributed by atoms with Gasteiger partial charge < -0.3 is 5.11 Å². The van der Waals surface area contributed by atoms with E-state index < -0.39 is 17.7 Å². The Bertz CT molecular complexity index is 592. The summed E-state index contributed by atoms with van der Waals surface area (Å²) < 4.78 is 38.3. The molecule has 2 aromatic rings. The number of carboxylic acids is 1. The summed E-state index contributed by atoms with van der Waals surface area (Å²) in [4.78, 5) is 14.3. The number of hydrogen-bond donors (Lipinski definition) is 1. The van der Waals surface area contributed by atoms with Crippen LogP contribution in [-0.4, -0.2) is 25.7 Å². The van der Waals surface area contributed by atoms with Crippen LogP contribution in [0.2, 0.25) is 0 Å². The summed E-state index contributed by atoms with van der Waals surface area (Å²) in [5.41, 5.74) is -0.576. The fourth-order valence-electron chi connectivity index (χ4n) is 1.42. The number of aromatic nitrogens is 3. The Morgan fingerprint density at radius 3 is 2.72 bits per heavy atom. The van der Waals surface area contributed by atoms with Crippen LogP contribution in [-0.2, 0) is 17.4 Å². The van der Waals surface area contributed by atoms with Gasteiger partial charge in [0.05, 0.1) is 12.0 Å². The van der Waals surface area contributed by atoms with E-state index in [9.17, 15) is 18.0 Å². The highest BCUT2D eigenvalue weighted by atomic mass is 19.4. The van der Waals surface area contributed by atoms with Gasteiger partial charge in [0.25, 0.3) is 0 Å². The fourth-order valence-corrected chi connectivity index (χ4v) is 1.42. The predicted octanol–water partition coefficient (Wildman–Crippen LogP) is 1.77. The van der Waals surface area contributed by atoms with E-state index in [-0.39, 0.29) is 24.3 Å². The van der Waals surface area contributed by atoms with Gasteiger partial charge in [0, 0.05) is 12.6 Å². The van der Waals surface area contributed by atoms with Crippen molar-refractivity contribution in [1.29, 1.82) is 0 Å². The van der Waals surface area contributed by atoms with Gasteiger partial charge in [-0.05, 0) is 12.1 Å². The van der Waals surface area contributed by atoms with Gasteiger partial charge >= 0.3 is 12.1 Å². The van der Waals surface area contributed by atoms with Gasteiger partial charge in [0.2, 0.25) is 0 Å². The lowest BCUT2D eigenvalue weighted by Gasteiger charge is -2.05. The highest BCUT2D eigenvalue weighted by molar-refractivity contribution is 5.66. The third kappa shape index (κ3) is 2.58. The van der Waals surface area contributed by atoms with E-state index in [0.29, 0.717) is 0 Å². The summed E-state index contributed by atoms with van der Waals surface area (Å²) in [5.74, 6) is -0.804. The van der Waals surface area contributed by atoms with Crippen LogP contribution in [0, 0.1) is 0 Å². The van der Waals surface area contributed by atoms with Gasteiger partial charge in [-0.3, -0.25) is 4.79 Å². The van der Waals surface area contributed by atoms with Crippen molar-refractivity contribution in [2.24, 2.45) is 0 Å². The summed E-state index contributed by atoms with van der Waals surface area (Å²) in [6, 6.07) is 2.10. The first-order valence-electron chi connectivity index (χ1n) is 5.00. The van der Waals surface area contributed by atoms with Crippen LogP contribution in [0.1, 0.15) is 17.8 Å². The number of carbonyl (C=O) groups is 1. The second-order valence-corrected chi connectivity index (χ2v) is 3.64. The van der Waals surface area contributed by atoms with E-state index in [2.05, 4.69) is 10.1 Å². The maximum absolute atomic E-state index is 12.4. The maximum atomic E-state index is 12.4.